The van der Waals surface area contributed by atoms with Crippen molar-refractivity contribution in [2.45, 2.75) is 38.5 Å². The molecule has 1 amide bonds. The van der Waals surface area contributed by atoms with Gasteiger partial charge in [0.05, 0.1) is 0 Å². The van der Waals surface area contributed by atoms with Crippen molar-refractivity contribution in [1.29, 1.82) is 0 Å². The molecule has 1 saturated carbocycles. The summed E-state index contributed by atoms with van der Waals surface area (Å²) < 4.78 is 1.63. The molecule has 0 aromatic carbocycles. The molecule has 0 unspecified atom stereocenters. The molecule has 21 heavy (non-hydrogen) atoms. The summed E-state index contributed by atoms with van der Waals surface area (Å²) in [5.74, 6) is 1.90. The minimum atomic E-state index is 0.0204. The predicted molar refractivity (Wildman–Crippen MR) is 79.0 cm³/mol. The van der Waals surface area contributed by atoms with Crippen LogP contribution in [0.2, 0.25) is 0 Å². The van der Waals surface area contributed by atoms with Gasteiger partial charge < -0.3 is 5.32 Å². The van der Waals surface area contributed by atoms with E-state index in [-0.39, 0.29) is 5.91 Å². The number of carbonyl (C=O) groups excluding carboxylic acids is 1. The fourth-order valence-corrected chi connectivity index (χ4v) is 2.78. The van der Waals surface area contributed by atoms with Crippen LogP contribution in [0.3, 0.4) is 0 Å². The Morgan fingerprint density at radius 3 is 2.95 bits per heavy atom. The molecule has 2 aromatic heterocycles. The van der Waals surface area contributed by atoms with Gasteiger partial charge in [0, 0.05) is 24.9 Å². The first-order valence-corrected chi connectivity index (χ1v) is 7.43. The molecular formula is C15H19N5O. The van der Waals surface area contributed by atoms with Gasteiger partial charge in [-0.15, -0.1) is 0 Å². The van der Waals surface area contributed by atoms with Crippen LogP contribution in [0.5, 0.6) is 0 Å². The van der Waals surface area contributed by atoms with E-state index in [0.717, 1.165) is 12.3 Å². The fourth-order valence-electron chi connectivity index (χ4n) is 2.78. The second-order valence-electron chi connectivity index (χ2n) is 5.45. The Kier molecular flexibility index (Phi) is 4.23. The third-order valence-corrected chi connectivity index (χ3v) is 3.91. The number of hydrogen-bond donors (Lipinski definition) is 1. The van der Waals surface area contributed by atoms with Crippen molar-refractivity contribution in [3.05, 3.63) is 30.9 Å². The predicted octanol–water partition coefficient (Wildman–Crippen LogP) is 2.57. The Morgan fingerprint density at radius 1 is 1.33 bits per heavy atom. The Labute approximate surface area is 123 Å². The maximum atomic E-state index is 12.0. The van der Waals surface area contributed by atoms with Crippen molar-refractivity contribution in [3.8, 4) is 5.82 Å². The molecule has 110 valence electrons. The van der Waals surface area contributed by atoms with Gasteiger partial charge in [0.1, 0.15) is 12.1 Å². The molecule has 1 aliphatic rings. The molecule has 1 fully saturated rings. The highest BCUT2D eigenvalue weighted by Crippen LogP contribution is 2.28. The van der Waals surface area contributed by atoms with E-state index in [1.165, 1.54) is 32.0 Å². The van der Waals surface area contributed by atoms with Crippen LogP contribution in [-0.4, -0.2) is 25.7 Å². The molecule has 0 saturated heterocycles. The summed E-state index contributed by atoms with van der Waals surface area (Å²) in [6, 6.07) is 3.54. The number of hydrogen-bond acceptors (Lipinski definition) is 4. The van der Waals surface area contributed by atoms with Crippen LogP contribution in [0, 0.1) is 5.92 Å². The number of nitrogens with one attached hydrogen (secondary N) is 1. The highest BCUT2D eigenvalue weighted by molar-refractivity contribution is 5.89. The van der Waals surface area contributed by atoms with Crippen LogP contribution < -0.4 is 5.32 Å². The first-order valence-electron chi connectivity index (χ1n) is 7.43. The standard InChI is InChI=1S/C15H19N5O/c21-15(7-6-12-4-1-2-5-12)19-13-10-14(17-11-16-13)20-9-3-8-18-20/h3,8-12H,1-2,4-7H2,(H,16,17,19,21). The molecule has 6 nitrogen and oxygen atoms in total. The Bertz CT molecular complexity index is 590. The Balaban J connectivity index is 1.56. The Hall–Kier alpha value is -2.24. The molecule has 1 N–H and O–H groups in total. The molecule has 3 rings (SSSR count). The van der Waals surface area contributed by atoms with Crippen molar-refractivity contribution < 1.29 is 4.79 Å². The van der Waals surface area contributed by atoms with Crippen LogP contribution in [0.15, 0.2) is 30.9 Å². The zero-order valence-corrected chi connectivity index (χ0v) is 11.9. The summed E-state index contributed by atoms with van der Waals surface area (Å²) in [4.78, 5) is 20.2. The average Bonchev–Trinajstić information content (AvgIpc) is 3.19. The van der Waals surface area contributed by atoms with E-state index in [1.54, 1.807) is 23.1 Å². The smallest absolute Gasteiger partial charge is 0.225 e. The first kappa shape index (κ1) is 13.7. The lowest BCUT2D eigenvalue weighted by molar-refractivity contribution is -0.116. The summed E-state index contributed by atoms with van der Waals surface area (Å²) >= 11 is 0. The molecule has 0 atom stereocenters. The van der Waals surface area contributed by atoms with Crippen molar-refractivity contribution >= 4 is 11.7 Å². The quantitative estimate of drug-likeness (QED) is 0.916. The lowest BCUT2D eigenvalue weighted by atomic mass is 10.0. The van der Waals surface area contributed by atoms with Gasteiger partial charge in [-0.25, -0.2) is 14.6 Å². The summed E-state index contributed by atoms with van der Waals surface area (Å²) in [5, 5.41) is 6.95. The van der Waals surface area contributed by atoms with Crippen molar-refractivity contribution in [3.63, 3.8) is 0 Å². The third kappa shape index (κ3) is 3.65. The topological polar surface area (TPSA) is 72.7 Å². The maximum absolute atomic E-state index is 12.0. The molecule has 0 spiro atoms. The van der Waals surface area contributed by atoms with Gasteiger partial charge in [-0.3, -0.25) is 4.79 Å². The first-order chi connectivity index (χ1) is 10.3. The van der Waals surface area contributed by atoms with Gasteiger partial charge in [0.25, 0.3) is 0 Å². The average molecular weight is 285 g/mol. The number of rotatable bonds is 5. The van der Waals surface area contributed by atoms with Gasteiger partial charge in [-0.1, -0.05) is 25.7 Å². The lowest BCUT2D eigenvalue weighted by Gasteiger charge is -2.09. The zero-order valence-electron chi connectivity index (χ0n) is 11.9. The maximum Gasteiger partial charge on any atom is 0.225 e. The van der Waals surface area contributed by atoms with Crippen LogP contribution in [0.1, 0.15) is 38.5 Å². The van der Waals surface area contributed by atoms with Crippen molar-refractivity contribution in [2.24, 2.45) is 5.92 Å². The summed E-state index contributed by atoms with van der Waals surface area (Å²) in [6.07, 6.45) is 11.6. The molecule has 2 heterocycles. The molecule has 2 aromatic rings. The van der Waals surface area contributed by atoms with Crippen LogP contribution in [-0.2, 0) is 4.79 Å². The van der Waals surface area contributed by atoms with Crippen LogP contribution in [0.25, 0.3) is 5.82 Å². The normalized spacial score (nSPS) is 15.2. The SMILES string of the molecule is O=C(CCC1CCCC1)Nc1cc(-n2cccn2)ncn1. The van der Waals surface area contributed by atoms with Gasteiger partial charge in [-0.2, -0.15) is 5.10 Å². The summed E-state index contributed by atoms with van der Waals surface area (Å²) in [5.41, 5.74) is 0. The number of amides is 1. The van der Waals surface area contributed by atoms with Gasteiger partial charge in [0.15, 0.2) is 5.82 Å². The second kappa shape index (κ2) is 6.47. The number of anilines is 1. The minimum absolute atomic E-state index is 0.0204. The molecule has 6 heteroatoms. The monoisotopic (exact) mass is 285 g/mol. The highest BCUT2D eigenvalue weighted by Gasteiger charge is 2.16. The second-order valence-corrected chi connectivity index (χ2v) is 5.45. The third-order valence-electron chi connectivity index (χ3n) is 3.91. The van der Waals surface area contributed by atoms with E-state index in [2.05, 4.69) is 20.4 Å². The lowest BCUT2D eigenvalue weighted by Crippen LogP contribution is -2.14. The fraction of sp³-hybridized carbons (Fsp3) is 0.467. The van der Waals surface area contributed by atoms with Gasteiger partial charge in [-0.05, 0) is 18.4 Å². The van der Waals surface area contributed by atoms with E-state index in [1.807, 2.05) is 6.07 Å². The Morgan fingerprint density at radius 2 is 2.19 bits per heavy atom. The largest absolute Gasteiger partial charge is 0.311 e. The summed E-state index contributed by atoms with van der Waals surface area (Å²) in [6.45, 7) is 0. The number of nitrogens with zero attached hydrogens (tertiary/aromatic N) is 4. The number of aromatic nitrogens is 4. The van der Waals surface area contributed by atoms with Crippen LogP contribution >= 0.6 is 0 Å². The van der Waals surface area contributed by atoms with Crippen molar-refractivity contribution in [2.75, 3.05) is 5.32 Å². The molecule has 1 aliphatic carbocycles. The van der Waals surface area contributed by atoms with E-state index >= 15 is 0 Å². The summed E-state index contributed by atoms with van der Waals surface area (Å²) in [7, 11) is 0. The minimum Gasteiger partial charge on any atom is -0.311 e. The van der Waals surface area contributed by atoms with E-state index in [4.69, 9.17) is 0 Å². The van der Waals surface area contributed by atoms with Gasteiger partial charge in [0.2, 0.25) is 5.91 Å². The van der Waals surface area contributed by atoms with Gasteiger partial charge >= 0.3 is 0 Å². The molecule has 0 bridgehead atoms. The molecule has 0 radical (unpaired) electrons. The molecule has 0 aliphatic heterocycles. The highest BCUT2D eigenvalue weighted by atomic mass is 16.1. The van der Waals surface area contributed by atoms with Crippen LogP contribution in [0.4, 0.5) is 5.82 Å². The molecular weight excluding hydrogens is 266 g/mol. The van der Waals surface area contributed by atoms with E-state index < -0.39 is 0 Å². The van der Waals surface area contributed by atoms with E-state index in [9.17, 15) is 4.79 Å². The zero-order chi connectivity index (χ0) is 14.5. The van der Waals surface area contributed by atoms with Crippen molar-refractivity contribution in [1.82, 2.24) is 19.7 Å². The number of carbonyl (C=O) groups is 1. The van der Waals surface area contributed by atoms with E-state index in [0.29, 0.717) is 18.1 Å².